The zero-order valence-electron chi connectivity index (χ0n) is 23.8. The predicted molar refractivity (Wildman–Crippen MR) is 157 cm³/mol. The van der Waals surface area contributed by atoms with E-state index in [2.05, 4.69) is 14.8 Å². The second-order valence-corrected chi connectivity index (χ2v) is 12.6. The Morgan fingerprint density at radius 3 is 2.52 bits per heavy atom. The van der Waals surface area contributed by atoms with Crippen molar-refractivity contribution in [1.29, 1.82) is 0 Å². The lowest BCUT2D eigenvalue weighted by Gasteiger charge is -2.38. The van der Waals surface area contributed by atoms with E-state index in [4.69, 9.17) is 14.2 Å². The number of hydrogen-bond acceptors (Lipinski definition) is 8. The minimum Gasteiger partial charge on any atom is -0.478 e. The quantitative estimate of drug-likeness (QED) is 0.200. The fraction of sp³-hybridized carbons (Fsp3) is 0.406. The largest absolute Gasteiger partial charge is 0.573 e. The summed E-state index contributed by atoms with van der Waals surface area (Å²) in [6.45, 7) is 2.09. The van der Waals surface area contributed by atoms with Crippen molar-refractivity contribution < 1.29 is 37.1 Å². The smallest absolute Gasteiger partial charge is 0.478 e. The molecule has 2 unspecified atom stereocenters. The Morgan fingerprint density at radius 1 is 1.09 bits per heavy atom. The van der Waals surface area contributed by atoms with Crippen molar-refractivity contribution in [2.75, 3.05) is 4.90 Å². The number of aryl methyl sites for hydroxylation is 1. The number of nitrogens with zero attached hydrogens (tertiary/aromatic N) is 3. The molecule has 1 aliphatic carbocycles. The van der Waals surface area contributed by atoms with Crippen LogP contribution >= 0.6 is 11.3 Å². The van der Waals surface area contributed by atoms with Gasteiger partial charge in [-0.15, -0.1) is 24.5 Å². The van der Waals surface area contributed by atoms with Gasteiger partial charge in [-0.05, 0) is 75.3 Å². The van der Waals surface area contributed by atoms with Gasteiger partial charge >= 0.3 is 12.3 Å². The van der Waals surface area contributed by atoms with E-state index in [0.29, 0.717) is 17.0 Å². The number of aromatic nitrogens is 2. The monoisotopic (exact) mass is 625 g/mol. The normalized spacial score (nSPS) is 21.5. The van der Waals surface area contributed by atoms with Gasteiger partial charge in [-0.25, -0.2) is 9.78 Å². The average molecular weight is 626 g/mol. The fourth-order valence-corrected chi connectivity index (χ4v) is 7.55. The maximum absolute atomic E-state index is 13.1. The van der Waals surface area contributed by atoms with Gasteiger partial charge in [0.15, 0.2) is 5.13 Å². The summed E-state index contributed by atoms with van der Waals surface area (Å²) in [5.41, 5.74) is 4.11. The van der Waals surface area contributed by atoms with E-state index in [1.165, 1.54) is 12.1 Å². The number of rotatable bonds is 9. The molecule has 0 amide bonds. The molecule has 4 aromatic rings. The zero-order valence-corrected chi connectivity index (χ0v) is 24.7. The van der Waals surface area contributed by atoms with Crippen LogP contribution in [-0.2, 0) is 11.3 Å². The lowest BCUT2D eigenvalue weighted by atomic mass is 9.99. The first-order chi connectivity index (χ1) is 21.1. The molecule has 0 radical (unpaired) electrons. The molecular formula is C32H30F3N3O5S. The van der Waals surface area contributed by atoms with Gasteiger partial charge in [0, 0.05) is 40.1 Å². The Bertz CT molecular complexity index is 1680. The zero-order chi connectivity index (χ0) is 30.6. The van der Waals surface area contributed by atoms with Crippen molar-refractivity contribution in [2.45, 2.75) is 82.5 Å². The number of anilines is 1. The molecule has 7 rings (SSSR count). The van der Waals surface area contributed by atoms with Crippen LogP contribution in [0.4, 0.5) is 18.3 Å². The number of carbonyl (C=O) groups is 1. The SMILES string of the molecule is Cc1cc(C(=O)O)ccc1-c1csc(N2C3CCC2CC(OCc2c(-c4ccccc4OC(F)(F)F)noc2C2CC2)C3)n1. The van der Waals surface area contributed by atoms with Crippen LogP contribution in [0.5, 0.6) is 5.75 Å². The van der Waals surface area contributed by atoms with Crippen LogP contribution in [0.15, 0.2) is 52.4 Å². The average Bonchev–Trinajstić information content (AvgIpc) is 3.45. The number of aromatic carboxylic acids is 1. The summed E-state index contributed by atoms with van der Waals surface area (Å²) in [7, 11) is 0. The van der Waals surface area contributed by atoms with Crippen molar-refractivity contribution in [3.8, 4) is 28.3 Å². The maximum Gasteiger partial charge on any atom is 0.573 e. The van der Waals surface area contributed by atoms with Gasteiger partial charge in [0.2, 0.25) is 0 Å². The minimum atomic E-state index is -4.83. The van der Waals surface area contributed by atoms with Crippen LogP contribution in [0.1, 0.15) is 71.7 Å². The van der Waals surface area contributed by atoms with Gasteiger partial charge in [0.25, 0.3) is 0 Å². The third-order valence-electron chi connectivity index (χ3n) is 8.75. The maximum atomic E-state index is 13.1. The standard InChI is InChI=1S/C32H30F3N3O5S/c1-17-12-19(30(39)40)8-11-23(17)26-16-44-31(36-26)38-20-9-10-21(38)14-22(13-20)41-15-25-28(37-43-29(25)18-6-7-18)24-4-2-3-5-27(24)42-32(33,34)35/h2-5,8,11-12,16,18,20-22H,6-7,9-10,13-15H2,1H3,(H,39,40). The van der Waals surface area contributed by atoms with Crippen LogP contribution in [0, 0.1) is 6.92 Å². The van der Waals surface area contributed by atoms with E-state index >= 15 is 0 Å². The van der Waals surface area contributed by atoms with Gasteiger partial charge in [0.05, 0.1) is 24.0 Å². The van der Waals surface area contributed by atoms with Gasteiger partial charge in [0.1, 0.15) is 17.2 Å². The first-order valence-corrected chi connectivity index (χ1v) is 15.6. The number of fused-ring (bicyclic) bond motifs is 2. The van der Waals surface area contributed by atoms with Crippen molar-refractivity contribution in [1.82, 2.24) is 10.1 Å². The first-order valence-electron chi connectivity index (χ1n) is 14.7. The Morgan fingerprint density at radius 2 is 1.84 bits per heavy atom. The van der Waals surface area contributed by atoms with Crippen LogP contribution in [0.3, 0.4) is 0 Å². The second kappa shape index (κ2) is 11.2. The van der Waals surface area contributed by atoms with Crippen molar-refractivity contribution in [3.05, 3.63) is 70.3 Å². The van der Waals surface area contributed by atoms with Crippen molar-refractivity contribution in [2.24, 2.45) is 0 Å². The molecule has 1 saturated carbocycles. The second-order valence-electron chi connectivity index (χ2n) is 11.7. The molecule has 2 aliphatic heterocycles. The highest BCUT2D eigenvalue weighted by Crippen LogP contribution is 2.47. The fourth-order valence-electron chi connectivity index (χ4n) is 6.58. The molecule has 230 valence electrons. The Kier molecular flexibility index (Phi) is 7.36. The molecule has 12 heteroatoms. The third-order valence-corrected chi connectivity index (χ3v) is 9.60. The first kappa shape index (κ1) is 28.8. The lowest BCUT2D eigenvalue weighted by Crippen LogP contribution is -2.45. The molecule has 4 heterocycles. The highest BCUT2D eigenvalue weighted by atomic mass is 32.1. The van der Waals surface area contributed by atoms with Crippen LogP contribution in [0.2, 0.25) is 0 Å². The summed E-state index contributed by atoms with van der Waals surface area (Å²) < 4.78 is 55.9. The predicted octanol–water partition coefficient (Wildman–Crippen LogP) is 7.96. The molecule has 2 aromatic carbocycles. The summed E-state index contributed by atoms with van der Waals surface area (Å²) in [4.78, 5) is 18.7. The highest BCUT2D eigenvalue weighted by molar-refractivity contribution is 7.14. The van der Waals surface area contributed by atoms with E-state index in [1.54, 1.807) is 35.6 Å². The summed E-state index contributed by atoms with van der Waals surface area (Å²) >= 11 is 1.59. The number of piperidine rings is 1. The van der Waals surface area contributed by atoms with Crippen molar-refractivity contribution >= 4 is 22.4 Å². The van der Waals surface area contributed by atoms with Gasteiger partial charge < -0.3 is 24.0 Å². The number of halogens is 3. The van der Waals surface area contributed by atoms with Gasteiger partial charge in [-0.3, -0.25) is 0 Å². The van der Waals surface area contributed by atoms with Crippen LogP contribution < -0.4 is 9.64 Å². The molecule has 3 aliphatic rings. The molecule has 8 nitrogen and oxygen atoms in total. The number of para-hydroxylation sites is 1. The number of hydrogen-bond donors (Lipinski definition) is 1. The summed E-state index contributed by atoms with van der Waals surface area (Å²) in [6, 6.07) is 11.6. The Balaban J connectivity index is 1.07. The molecular weight excluding hydrogens is 595 g/mol. The van der Waals surface area contributed by atoms with Crippen molar-refractivity contribution in [3.63, 3.8) is 0 Å². The number of carboxylic acid groups (broad SMARTS) is 1. The van der Waals surface area contributed by atoms with E-state index in [1.807, 2.05) is 18.4 Å². The number of ether oxygens (including phenoxy) is 2. The Hall–Kier alpha value is -3.90. The molecule has 0 spiro atoms. The molecule has 3 fully saturated rings. The van der Waals surface area contributed by atoms with E-state index in [9.17, 15) is 23.1 Å². The number of benzene rings is 2. The summed E-state index contributed by atoms with van der Waals surface area (Å²) in [5, 5.41) is 16.5. The number of carboxylic acids is 1. The lowest BCUT2D eigenvalue weighted by molar-refractivity contribution is -0.274. The van der Waals surface area contributed by atoms with Gasteiger partial charge in [-0.1, -0.05) is 23.4 Å². The summed E-state index contributed by atoms with van der Waals surface area (Å²) in [5.74, 6) is -0.389. The number of alkyl halides is 3. The van der Waals surface area contributed by atoms with E-state index in [-0.39, 0.29) is 47.6 Å². The minimum absolute atomic E-state index is 0.0227. The van der Waals surface area contributed by atoms with E-state index in [0.717, 1.165) is 60.5 Å². The third kappa shape index (κ3) is 5.68. The highest BCUT2D eigenvalue weighted by Gasteiger charge is 2.43. The molecule has 2 bridgehead atoms. The molecule has 2 atom stereocenters. The van der Waals surface area contributed by atoms with Crippen LogP contribution in [0.25, 0.3) is 22.5 Å². The summed E-state index contributed by atoms with van der Waals surface area (Å²) in [6.07, 6.45) is 0.722. The number of thiazole rings is 1. The van der Waals surface area contributed by atoms with E-state index < -0.39 is 12.3 Å². The molecule has 44 heavy (non-hydrogen) atoms. The molecule has 1 N–H and O–H groups in total. The Labute approximate surface area is 255 Å². The van der Waals surface area contributed by atoms with Crippen LogP contribution in [-0.4, -0.2) is 45.8 Å². The molecule has 2 saturated heterocycles. The van der Waals surface area contributed by atoms with Gasteiger partial charge in [-0.2, -0.15) is 0 Å². The topological polar surface area (TPSA) is 97.9 Å². The molecule has 2 aromatic heterocycles.